The molecule has 0 saturated heterocycles. The molecule has 0 aliphatic carbocycles. The maximum absolute atomic E-state index is 5.86. The van der Waals surface area contributed by atoms with E-state index < -0.39 is 0 Å². The zero-order valence-corrected chi connectivity index (χ0v) is 15.4. The lowest BCUT2D eigenvalue weighted by atomic mass is 10.1. The van der Waals surface area contributed by atoms with Gasteiger partial charge >= 0.3 is 0 Å². The molecule has 2 aromatic rings. The Morgan fingerprint density at radius 2 is 1.65 bits per heavy atom. The summed E-state index contributed by atoms with van der Waals surface area (Å²) in [5, 5.41) is 3.20. The van der Waals surface area contributed by atoms with E-state index in [2.05, 4.69) is 10.3 Å². The molecule has 1 aliphatic heterocycles. The largest absolute Gasteiger partial charge is 0.493 e. The van der Waals surface area contributed by atoms with Gasteiger partial charge in [-0.1, -0.05) is 0 Å². The Labute approximate surface area is 153 Å². The maximum atomic E-state index is 5.86. The molecule has 6 nitrogen and oxygen atoms in total. The molecule has 6 heteroatoms. The Hall–Kier alpha value is -2.73. The minimum atomic E-state index is 0.556. The molecular weight excluding hydrogens is 332 g/mol. The normalized spacial score (nSPS) is 13.3. The first kappa shape index (κ1) is 18.1. The molecule has 3 rings (SSSR count). The summed E-state index contributed by atoms with van der Waals surface area (Å²) in [6, 6.07) is 11.9. The molecule has 0 bridgehead atoms. The highest BCUT2D eigenvalue weighted by molar-refractivity contribution is 6.03. The third-order valence-corrected chi connectivity index (χ3v) is 4.25. The highest BCUT2D eigenvalue weighted by atomic mass is 16.5. The van der Waals surface area contributed by atoms with Crippen LogP contribution < -0.4 is 24.3 Å². The minimum absolute atomic E-state index is 0.556. The van der Waals surface area contributed by atoms with E-state index in [1.165, 1.54) is 0 Å². The molecule has 0 aromatic heterocycles. The Morgan fingerprint density at radius 1 is 0.962 bits per heavy atom. The molecule has 0 fully saturated rings. The fourth-order valence-corrected chi connectivity index (χ4v) is 2.88. The van der Waals surface area contributed by atoms with Crippen LogP contribution in [0.15, 0.2) is 41.4 Å². The van der Waals surface area contributed by atoms with Gasteiger partial charge in [0.05, 0.1) is 40.3 Å². The van der Waals surface area contributed by atoms with Gasteiger partial charge in [-0.25, -0.2) is 0 Å². The van der Waals surface area contributed by atoms with Crippen LogP contribution in [0.5, 0.6) is 23.0 Å². The van der Waals surface area contributed by atoms with Crippen molar-refractivity contribution in [3.05, 3.63) is 47.5 Å². The molecule has 1 aliphatic rings. The minimum Gasteiger partial charge on any atom is -0.493 e. The second-order valence-electron chi connectivity index (χ2n) is 5.85. The first-order valence-electron chi connectivity index (χ1n) is 8.51. The van der Waals surface area contributed by atoms with Crippen LogP contribution in [0.4, 0.5) is 0 Å². The van der Waals surface area contributed by atoms with Crippen LogP contribution in [0.3, 0.4) is 0 Å². The Morgan fingerprint density at radius 3 is 2.19 bits per heavy atom. The van der Waals surface area contributed by atoms with E-state index in [1.807, 2.05) is 36.4 Å². The van der Waals surface area contributed by atoms with E-state index in [0.29, 0.717) is 30.5 Å². The van der Waals surface area contributed by atoms with Gasteiger partial charge in [0, 0.05) is 13.0 Å². The molecule has 0 radical (unpaired) electrons. The number of ether oxygens (including phenoxy) is 4. The number of hydrogen-bond donors (Lipinski definition) is 1. The zero-order chi connectivity index (χ0) is 18.4. The van der Waals surface area contributed by atoms with Crippen LogP contribution in [0.25, 0.3) is 0 Å². The summed E-state index contributed by atoms with van der Waals surface area (Å²) in [5.74, 6) is 2.74. The highest BCUT2D eigenvalue weighted by Gasteiger charge is 2.13. The molecule has 1 heterocycles. The molecule has 0 unspecified atom stereocenters. The molecule has 1 N–H and O–H groups in total. The van der Waals surface area contributed by atoms with Crippen molar-refractivity contribution in [1.29, 1.82) is 0 Å². The molecule has 0 amide bonds. The van der Waals surface area contributed by atoms with Crippen LogP contribution in [0.2, 0.25) is 0 Å². The average molecular weight is 356 g/mol. The fraction of sp³-hybridized carbons (Fsp3) is 0.350. The Kier molecular flexibility index (Phi) is 5.96. The third-order valence-electron chi connectivity index (χ3n) is 4.25. The van der Waals surface area contributed by atoms with E-state index >= 15 is 0 Å². The summed E-state index contributed by atoms with van der Waals surface area (Å²) >= 11 is 0. The van der Waals surface area contributed by atoms with Gasteiger partial charge < -0.3 is 18.9 Å². The van der Waals surface area contributed by atoms with Crippen molar-refractivity contribution in [3.8, 4) is 23.0 Å². The molecule has 0 atom stereocenters. The van der Waals surface area contributed by atoms with Gasteiger partial charge in [-0.05, 0) is 47.5 Å². The lowest BCUT2D eigenvalue weighted by molar-refractivity contribution is 0.315. The van der Waals surface area contributed by atoms with Crippen LogP contribution in [0, 0.1) is 0 Å². The third kappa shape index (κ3) is 4.08. The molecule has 0 spiro atoms. The number of nitrogens with one attached hydrogen (secondary N) is 1. The van der Waals surface area contributed by atoms with Gasteiger partial charge in [-0.2, -0.15) is 0 Å². The van der Waals surface area contributed by atoms with Crippen molar-refractivity contribution in [3.63, 3.8) is 0 Å². The fourth-order valence-electron chi connectivity index (χ4n) is 2.88. The first-order chi connectivity index (χ1) is 12.7. The summed E-state index contributed by atoms with van der Waals surface area (Å²) in [7, 11) is 4.83. The van der Waals surface area contributed by atoms with Crippen LogP contribution >= 0.6 is 0 Å². The van der Waals surface area contributed by atoms with E-state index in [1.54, 1.807) is 21.3 Å². The topological polar surface area (TPSA) is 61.3 Å². The van der Waals surface area contributed by atoms with E-state index in [9.17, 15) is 0 Å². The summed E-state index contributed by atoms with van der Waals surface area (Å²) in [6.07, 6.45) is 0.731. The SMILES string of the molecule is COc1cc(CCOc2ccc(C3=NCNC3)cc2)cc(OC)c1OC. The van der Waals surface area contributed by atoms with Gasteiger partial charge in [0.2, 0.25) is 5.75 Å². The number of hydrogen-bond acceptors (Lipinski definition) is 6. The molecule has 0 saturated carbocycles. The van der Waals surface area contributed by atoms with Crippen molar-refractivity contribution < 1.29 is 18.9 Å². The van der Waals surface area contributed by atoms with Crippen molar-refractivity contribution in [2.24, 2.45) is 4.99 Å². The predicted octanol–water partition coefficient (Wildman–Crippen LogP) is 2.68. The van der Waals surface area contributed by atoms with E-state index in [-0.39, 0.29) is 0 Å². The lowest BCUT2D eigenvalue weighted by Crippen LogP contribution is -2.13. The van der Waals surface area contributed by atoms with Crippen LogP contribution in [-0.2, 0) is 6.42 Å². The van der Waals surface area contributed by atoms with Gasteiger partial charge in [0.25, 0.3) is 0 Å². The van der Waals surface area contributed by atoms with Crippen molar-refractivity contribution >= 4 is 5.71 Å². The number of nitrogens with zero attached hydrogens (tertiary/aromatic N) is 1. The number of methoxy groups -OCH3 is 3. The summed E-state index contributed by atoms with van der Waals surface area (Å²) in [6.45, 7) is 2.07. The smallest absolute Gasteiger partial charge is 0.203 e. The van der Waals surface area contributed by atoms with E-state index in [0.717, 1.165) is 35.6 Å². The molecule has 138 valence electrons. The standard InChI is InChI=1S/C20H24N2O4/c1-23-18-10-14(11-19(24-2)20(18)25-3)8-9-26-16-6-4-15(5-7-16)17-12-21-13-22-17/h4-7,10-11,21H,8-9,12-13H2,1-3H3. The van der Waals surface area contributed by atoms with Crippen molar-refractivity contribution in [2.75, 3.05) is 41.1 Å². The quantitative estimate of drug-likeness (QED) is 0.788. The maximum Gasteiger partial charge on any atom is 0.203 e. The Bertz CT molecular complexity index is 747. The van der Waals surface area contributed by atoms with E-state index in [4.69, 9.17) is 18.9 Å². The molecule has 26 heavy (non-hydrogen) atoms. The van der Waals surface area contributed by atoms with Gasteiger partial charge in [-0.15, -0.1) is 0 Å². The number of aliphatic imine (C=N–C) groups is 1. The average Bonchev–Trinajstić information content (AvgIpc) is 3.22. The van der Waals surface area contributed by atoms with Gasteiger partial charge in [-0.3, -0.25) is 10.3 Å². The van der Waals surface area contributed by atoms with Crippen LogP contribution in [-0.4, -0.2) is 46.9 Å². The second-order valence-corrected chi connectivity index (χ2v) is 5.85. The van der Waals surface area contributed by atoms with Crippen molar-refractivity contribution in [1.82, 2.24) is 5.32 Å². The first-order valence-corrected chi connectivity index (χ1v) is 8.51. The number of rotatable bonds is 8. The van der Waals surface area contributed by atoms with Gasteiger partial charge in [0.15, 0.2) is 11.5 Å². The Balaban J connectivity index is 1.61. The van der Waals surface area contributed by atoms with Gasteiger partial charge in [0.1, 0.15) is 5.75 Å². The highest BCUT2D eigenvalue weighted by Crippen LogP contribution is 2.38. The summed E-state index contributed by atoms with van der Waals surface area (Å²) in [4.78, 5) is 4.41. The second kappa shape index (κ2) is 8.58. The molecular formula is C20H24N2O4. The number of benzene rings is 2. The summed E-state index contributed by atoms with van der Waals surface area (Å²) in [5.41, 5.74) is 3.28. The van der Waals surface area contributed by atoms with Crippen LogP contribution in [0.1, 0.15) is 11.1 Å². The summed E-state index contributed by atoms with van der Waals surface area (Å²) < 4.78 is 22.0. The lowest BCUT2D eigenvalue weighted by Gasteiger charge is -2.14. The predicted molar refractivity (Wildman–Crippen MR) is 101 cm³/mol. The monoisotopic (exact) mass is 356 g/mol. The molecule has 2 aromatic carbocycles. The van der Waals surface area contributed by atoms with Crippen molar-refractivity contribution in [2.45, 2.75) is 6.42 Å². The zero-order valence-electron chi connectivity index (χ0n) is 15.4.